The zero-order valence-corrected chi connectivity index (χ0v) is 11.1. The maximum absolute atomic E-state index is 6.37. The lowest BCUT2D eigenvalue weighted by atomic mass is 9.81. The van der Waals surface area contributed by atoms with Gasteiger partial charge in [0, 0.05) is 9.61 Å². The lowest BCUT2D eigenvalue weighted by Gasteiger charge is -2.28. The van der Waals surface area contributed by atoms with E-state index in [-0.39, 0.29) is 6.04 Å². The molecule has 1 atom stereocenters. The number of halogens is 1. The fourth-order valence-electron chi connectivity index (χ4n) is 2.49. The number of hydrogen-bond acceptors (Lipinski definition) is 1. The van der Waals surface area contributed by atoms with Crippen LogP contribution in [0.1, 0.15) is 43.7 Å². The van der Waals surface area contributed by atoms with Gasteiger partial charge in [0.1, 0.15) is 0 Å². The summed E-state index contributed by atoms with van der Waals surface area (Å²) in [6.07, 6.45) is 6.75. The molecule has 1 fully saturated rings. The molecule has 1 saturated carbocycles. The fourth-order valence-corrected chi connectivity index (χ4v) is 3.24. The molecular formula is C13H18IN. The van der Waals surface area contributed by atoms with Crippen LogP contribution in [-0.2, 0) is 0 Å². The third-order valence-corrected chi connectivity index (χ3v) is 4.40. The molecule has 82 valence electrons. The zero-order valence-electron chi connectivity index (χ0n) is 8.95. The third-order valence-electron chi connectivity index (χ3n) is 3.42. The van der Waals surface area contributed by atoms with Gasteiger partial charge in [-0.1, -0.05) is 37.5 Å². The summed E-state index contributed by atoms with van der Waals surface area (Å²) in [5, 5.41) is 0. The Morgan fingerprint density at radius 3 is 2.47 bits per heavy atom. The lowest BCUT2D eigenvalue weighted by Crippen LogP contribution is -2.24. The second-order valence-corrected chi connectivity index (χ2v) is 5.61. The van der Waals surface area contributed by atoms with Crippen LogP contribution in [-0.4, -0.2) is 0 Å². The molecule has 0 bridgehead atoms. The average Bonchev–Trinajstić information content (AvgIpc) is 2.30. The van der Waals surface area contributed by atoms with Crippen molar-refractivity contribution in [3.8, 4) is 0 Å². The van der Waals surface area contributed by atoms with Crippen molar-refractivity contribution in [3.63, 3.8) is 0 Å². The van der Waals surface area contributed by atoms with Crippen LogP contribution in [0.15, 0.2) is 24.3 Å². The van der Waals surface area contributed by atoms with E-state index in [2.05, 4.69) is 46.9 Å². The molecule has 1 aromatic rings. The van der Waals surface area contributed by atoms with E-state index in [0.717, 1.165) is 0 Å². The van der Waals surface area contributed by atoms with E-state index in [1.165, 1.54) is 41.2 Å². The molecule has 0 aromatic heterocycles. The Balaban J connectivity index is 2.12. The molecule has 0 saturated heterocycles. The standard InChI is InChI=1S/C13H18IN/c14-12-9-5-4-8-11(12)13(15)10-6-2-1-3-7-10/h4-5,8-10,13H,1-3,6-7,15H2/t13-/m0/s1. The first-order valence-corrected chi connectivity index (χ1v) is 6.87. The van der Waals surface area contributed by atoms with Crippen LogP contribution < -0.4 is 5.73 Å². The van der Waals surface area contributed by atoms with E-state index in [0.29, 0.717) is 5.92 Å². The predicted octanol–water partition coefficient (Wildman–Crippen LogP) is 3.87. The van der Waals surface area contributed by atoms with E-state index >= 15 is 0 Å². The van der Waals surface area contributed by atoms with Crippen molar-refractivity contribution >= 4 is 22.6 Å². The number of benzene rings is 1. The van der Waals surface area contributed by atoms with Gasteiger partial charge in [-0.2, -0.15) is 0 Å². The smallest absolute Gasteiger partial charge is 0.0334 e. The van der Waals surface area contributed by atoms with Crippen LogP contribution in [0.2, 0.25) is 0 Å². The van der Waals surface area contributed by atoms with Gasteiger partial charge in [-0.25, -0.2) is 0 Å². The van der Waals surface area contributed by atoms with Crippen LogP contribution in [0.25, 0.3) is 0 Å². The zero-order chi connectivity index (χ0) is 10.7. The van der Waals surface area contributed by atoms with Crippen molar-refractivity contribution in [1.82, 2.24) is 0 Å². The Morgan fingerprint density at radius 2 is 1.80 bits per heavy atom. The van der Waals surface area contributed by atoms with Crippen molar-refractivity contribution in [3.05, 3.63) is 33.4 Å². The molecule has 1 nitrogen and oxygen atoms in total. The first kappa shape index (κ1) is 11.4. The number of rotatable bonds is 2. The summed E-state index contributed by atoms with van der Waals surface area (Å²) in [6.45, 7) is 0. The molecule has 0 spiro atoms. The van der Waals surface area contributed by atoms with Crippen LogP contribution in [0.3, 0.4) is 0 Å². The largest absolute Gasteiger partial charge is 0.324 e. The van der Waals surface area contributed by atoms with Crippen molar-refractivity contribution in [2.45, 2.75) is 38.1 Å². The van der Waals surface area contributed by atoms with Gasteiger partial charge in [0.05, 0.1) is 0 Å². The normalized spacial score (nSPS) is 20.1. The van der Waals surface area contributed by atoms with Gasteiger partial charge in [0.15, 0.2) is 0 Å². The summed E-state index contributed by atoms with van der Waals surface area (Å²) < 4.78 is 1.31. The molecule has 2 rings (SSSR count). The van der Waals surface area contributed by atoms with Gasteiger partial charge < -0.3 is 5.73 Å². The van der Waals surface area contributed by atoms with Gasteiger partial charge in [0.2, 0.25) is 0 Å². The highest BCUT2D eigenvalue weighted by Gasteiger charge is 2.22. The molecule has 1 aromatic carbocycles. The molecule has 0 radical (unpaired) electrons. The van der Waals surface area contributed by atoms with Gasteiger partial charge in [-0.05, 0) is 53.0 Å². The molecular weight excluding hydrogens is 297 g/mol. The molecule has 2 heteroatoms. The van der Waals surface area contributed by atoms with Gasteiger partial charge >= 0.3 is 0 Å². The maximum atomic E-state index is 6.37. The summed E-state index contributed by atoms with van der Waals surface area (Å²) >= 11 is 2.39. The van der Waals surface area contributed by atoms with Crippen molar-refractivity contribution < 1.29 is 0 Å². The molecule has 2 N–H and O–H groups in total. The average molecular weight is 315 g/mol. The highest BCUT2D eigenvalue weighted by molar-refractivity contribution is 14.1. The minimum atomic E-state index is 0.249. The Kier molecular flexibility index (Phi) is 4.03. The highest BCUT2D eigenvalue weighted by atomic mass is 127. The predicted molar refractivity (Wildman–Crippen MR) is 72.7 cm³/mol. The van der Waals surface area contributed by atoms with Gasteiger partial charge in [-0.3, -0.25) is 0 Å². The van der Waals surface area contributed by atoms with Crippen LogP contribution >= 0.6 is 22.6 Å². The molecule has 15 heavy (non-hydrogen) atoms. The van der Waals surface area contributed by atoms with E-state index in [4.69, 9.17) is 5.73 Å². The first-order valence-electron chi connectivity index (χ1n) is 5.79. The molecule has 0 amide bonds. The fraction of sp³-hybridized carbons (Fsp3) is 0.538. The quantitative estimate of drug-likeness (QED) is 0.824. The lowest BCUT2D eigenvalue weighted by molar-refractivity contribution is 0.307. The van der Waals surface area contributed by atoms with Crippen LogP contribution in [0, 0.1) is 9.49 Å². The second-order valence-electron chi connectivity index (χ2n) is 4.45. The molecule has 1 aliphatic rings. The Morgan fingerprint density at radius 1 is 1.13 bits per heavy atom. The number of hydrogen-bond donors (Lipinski definition) is 1. The summed E-state index contributed by atoms with van der Waals surface area (Å²) in [7, 11) is 0. The molecule has 0 aliphatic heterocycles. The minimum absolute atomic E-state index is 0.249. The molecule has 0 unspecified atom stereocenters. The van der Waals surface area contributed by atoms with Crippen molar-refractivity contribution in [2.24, 2.45) is 11.7 Å². The summed E-state index contributed by atoms with van der Waals surface area (Å²) in [4.78, 5) is 0. The maximum Gasteiger partial charge on any atom is 0.0334 e. The Labute approximate surface area is 106 Å². The second kappa shape index (κ2) is 5.30. The molecule has 1 aliphatic carbocycles. The first-order chi connectivity index (χ1) is 7.29. The monoisotopic (exact) mass is 315 g/mol. The Bertz CT molecular complexity index is 318. The van der Waals surface area contributed by atoms with E-state index in [1.54, 1.807) is 0 Å². The SMILES string of the molecule is N[C@H](c1ccccc1I)C1CCCCC1. The van der Waals surface area contributed by atoms with Crippen LogP contribution in [0.5, 0.6) is 0 Å². The Hall–Kier alpha value is -0.0900. The summed E-state index contributed by atoms with van der Waals surface area (Å²) in [6, 6.07) is 8.76. The van der Waals surface area contributed by atoms with E-state index in [1.807, 2.05) is 0 Å². The third kappa shape index (κ3) is 2.72. The van der Waals surface area contributed by atoms with Gasteiger partial charge in [-0.15, -0.1) is 0 Å². The molecule has 0 heterocycles. The van der Waals surface area contributed by atoms with E-state index in [9.17, 15) is 0 Å². The van der Waals surface area contributed by atoms with Crippen LogP contribution in [0.4, 0.5) is 0 Å². The van der Waals surface area contributed by atoms with E-state index < -0.39 is 0 Å². The van der Waals surface area contributed by atoms with Gasteiger partial charge in [0.25, 0.3) is 0 Å². The minimum Gasteiger partial charge on any atom is -0.324 e. The summed E-state index contributed by atoms with van der Waals surface area (Å²) in [5.41, 5.74) is 7.70. The topological polar surface area (TPSA) is 26.0 Å². The highest BCUT2D eigenvalue weighted by Crippen LogP contribution is 2.34. The van der Waals surface area contributed by atoms with Crippen molar-refractivity contribution in [1.29, 1.82) is 0 Å². The summed E-state index contributed by atoms with van der Waals surface area (Å²) in [5.74, 6) is 0.703. The van der Waals surface area contributed by atoms with Crippen molar-refractivity contribution in [2.75, 3.05) is 0 Å². The number of nitrogens with two attached hydrogens (primary N) is 1.